The number of likely N-dealkylation sites (N-methyl/N-ethyl adjacent to an activating group) is 1. The summed E-state index contributed by atoms with van der Waals surface area (Å²) in [5.74, 6) is 0. The van der Waals surface area contributed by atoms with Crippen LogP contribution in [-0.4, -0.2) is 69.3 Å². The van der Waals surface area contributed by atoms with Crippen molar-refractivity contribution in [2.75, 3.05) is 37.7 Å². The maximum atomic E-state index is 12.2. The lowest BCUT2D eigenvalue weighted by Crippen LogP contribution is -2.48. The Balaban J connectivity index is 2.17. The molecule has 9 nitrogen and oxygen atoms in total. The van der Waals surface area contributed by atoms with Gasteiger partial charge in [0, 0.05) is 10.6 Å². The minimum absolute atomic E-state index is 0.0914. The van der Waals surface area contributed by atoms with Crippen LogP contribution in [0, 0.1) is 0 Å². The molecule has 0 saturated carbocycles. The fraction of sp³-hybridized carbons (Fsp3) is 0.696. The number of aliphatic hydroxyl groups excluding tert-OH is 1. The summed E-state index contributed by atoms with van der Waals surface area (Å²) in [6.07, 6.45) is -1.66. The summed E-state index contributed by atoms with van der Waals surface area (Å²) >= 11 is 0. The van der Waals surface area contributed by atoms with Gasteiger partial charge in [-0.15, -0.1) is 0 Å². The van der Waals surface area contributed by atoms with Gasteiger partial charge in [0.15, 0.2) is 8.32 Å². The number of nitrogens with zero attached hydrogens (tertiary/aromatic N) is 5. The average molecular weight is 478 g/mol. The second-order valence-corrected chi connectivity index (χ2v) is 14.7. The molecule has 3 unspecified atom stereocenters. The Bertz CT molecular complexity index is 832. The van der Waals surface area contributed by atoms with Crippen LogP contribution < -0.4 is 4.90 Å². The van der Waals surface area contributed by atoms with E-state index in [2.05, 4.69) is 62.6 Å². The largest absolute Gasteiger partial charge is 0.444 e. The van der Waals surface area contributed by atoms with Crippen LogP contribution in [0.15, 0.2) is 29.4 Å². The number of carbonyl (C=O) groups excluding carboxylic acids is 1. The van der Waals surface area contributed by atoms with Crippen LogP contribution >= 0.6 is 0 Å². The molecule has 3 atom stereocenters. The van der Waals surface area contributed by atoms with Gasteiger partial charge in [-0.2, -0.15) is 0 Å². The molecule has 1 saturated heterocycles. The van der Waals surface area contributed by atoms with Crippen LogP contribution in [0.4, 0.5) is 10.5 Å². The van der Waals surface area contributed by atoms with Crippen molar-refractivity contribution in [1.82, 2.24) is 4.90 Å². The number of benzene rings is 1. The van der Waals surface area contributed by atoms with Gasteiger partial charge in [-0.25, -0.2) is 4.79 Å². The molecule has 0 spiro atoms. The molecular formula is C23H39N5O4Si. The van der Waals surface area contributed by atoms with E-state index in [4.69, 9.17) is 14.7 Å². The smallest absolute Gasteiger partial charge is 0.414 e. The average Bonchev–Trinajstić information content (AvgIpc) is 3.14. The zero-order valence-corrected chi connectivity index (χ0v) is 22.0. The van der Waals surface area contributed by atoms with Crippen molar-refractivity contribution in [3.05, 3.63) is 40.3 Å². The fourth-order valence-corrected chi connectivity index (χ4v) is 4.65. The molecule has 0 aromatic heterocycles. The van der Waals surface area contributed by atoms with E-state index in [9.17, 15) is 9.90 Å². The van der Waals surface area contributed by atoms with E-state index in [0.717, 1.165) is 18.7 Å². The molecule has 33 heavy (non-hydrogen) atoms. The second-order valence-electron chi connectivity index (χ2n) is 9.93. The number of azide groups is 1. The summed E-state index contributed by atoms with van der Waals surface area (Å²) < 4.78 is 11.7. The summed E-state index contributed by atoms with van der Waals surface area (Å²) in [5.41, 5.74) is 9.92. The number of hydrogen-bond donors (Lipinski definition) is 1. The number of rotatable bonds is 11. The van der Waals surface area contributed by atoms with Gasteiger partial charge in [-0.05, 0) is 54.4 Å². The highest BCUT2D eigenvalue weighted by atomic mass is 28.4. The van der Waals surface area contributed by atoms with Gasteiger partial charge in [0.05, 0.1) is 31.8 Å². The molecule has 0 radical (unpaired) electrons. The highest BCUT2D eigenvalue weighted by molar-refractivity contribution is 6.74. The number of aliphatic hydroxyl groups is 1. The minimum Gasteiger partial charge on any atom is -0.444 e. The molecule has 1 aromatic carbocycles. The van der Waals surface area contributed by atoms with E-state index in [1.54, 1.807) is 0 Å². The standard InChI is InChI=1S/C23H39N5O4Si/c1-8-27(9-2)20(16-31-33(6,7)23(3,4)5)21(29)17-10-12-18(13-11-17)28-15-19(14-25-26-24)32-22(28)30/h10-13,19-21,29H,8-9,14-16H2,1-7H3. The van der Waals surface area contributed by atoms with Gasteiger partial charge in [0.1, 0.15) is 6.10 Å². The molecule has 10 heteroatoms. The summed E-state index contributed by atoms with van der Waals surface area (Å²) in [5, 5.41) is 14.9. The first-order chi connectivity index (χ1) is 15.4. The maximum Gasteiger partial charge on any atom is 0.414 e. The third-order valence-corrected chi connectivity index (χ3v) is 11.3. The minimum atomic E-state index is -1.96. The molecule has 1 amide bonds. The quantitative estimate of drug-likeness (QED) is 0.207. The Morgan fingerprint density at radius 3 is 2.42 bits per heavy atom. The zero-order chi connectivity index (χ0) is 24.8. The van der Waals surface area contributed by atoms with Crippen molar-refractivity contribution in [2.45, 2.75) is 71.0 Å². The Morgan fingerprint density at radius 2 is 1.91 bits per heavy atom. The molecule has 1 aromatic rings. The summed E-state index contributed by atoms with van der Waals surface area (Å²) in [4.78, 5) is 18.7. The molecular weight excluding hydrogens is 438 g/mol. The zero-order valence-electron chi connectivity index (χ0n) is 21.0. The highest BCUT2D eigenvalue weighted by Gasteiger charge is 2.39. The predicted molar refractivity (Wildman–Crippen MR) is 133 cm³/mol. The van der Waals surface area contributed by atoms with E-state index in [-0.39, 0.29) is 17.6 Å². The summed E-state index contributed by atoms with van der Waals surface area (Å²) in [6.45, 7) is 17.7. The SMILES string of the molecule is CCN(CC)C(CO[Si](C)(C)C(C)(C)C)C(O)c1ccc(N2CC(CN=[N+]=[N-])OC2=O)cc1. The Labute approximate surface area is 198 Å². The molecule has 0 aliphatic carbocycles. The van der Waals surface area contributed by atoms with Crippen molar-refractivity contribution in [2.24, 2.45) is 5.11 Å². The first-order valence-electron chi connectivity index (χ1n) is 11.6. The number of amides is 1. The van der Waals surface area contributed by atoms with Crippen molar-refractivity contribution in [3.8, 4) is 0 Å². The first kappa shape index (κ1) is 27.1. The topological polar surface area (TPSA) is 111 Å². The number of hydrogen-bond acceptors (Lipinski definition) is 6. The van der Waals surface area contributed by atoms with Crippen molar-refractivity contribution < 1.29 is 19.1 Å². The van der Waals surface area contributed by atoms with Crippen molar-refractivity contribution in [1.29, 1.82) is 0 Å². The Morgan fingerprint density at radius 1 is 1.30 bits per heavy atom. The summed E-state index contributed by atoms with van der Waals surface area (Å²) in [6, 6.07) is 7.13. The van der Waals surface area contributed by atoms with Crippen LogP contribution in [0.25, 0.3) is 10.4 Å². The van der Waals surface area contributed by atoms with Crippen LogP contribution in [0.1, 0.15) is 46.3 Å². The normalized spacial score (nSPS) is 18.8. The second kappa shape index (κ2) is 11.4. The molecule has 2 rings (SSSR count). The molecule has 0 bridgehead atoms. The van der Waals surface area contributed by atoms with E-state index >= 15 is 0 Å². The number of ether oxygens (including phenoxy) is 1. The molecule has 1 aliphatic rings. The van der Waals surface area contributed by atoms with Crippen LogP contribution in [0.5, 0.6) is 0 Å². The molecule has 1 fully saturated rings. The third-order valence-electron chi connectivity index (χ3n) is 6.84. The van der Waals surface area contributed by atoms with Gasteiger partial charge < -0.3 is 14.3 Å². The van der Waals surface area contributed by atoms with Crippen molar-refractivity contribution in [3.63, 3.8) is 0 Å². The van der Waals surface area contributed by atoms with E-state index in [1.165, 1.54) is 4.90 Å². The number of carbonyl (C=O) groups is 1. The van der Waals surface area contributed by atoms with E-state index < -0.39 is 26.6 Å². The molecule has 1 heterocycles. The Hall–Kier alpha value is -2.10. The van der Waals surface area contributed by atoms with Crippen LogP contribution in [0.3, 0.4) is 0 Å². The lowest BCUT2D eigenvalue weighted by atomic mass is 10.0. The number of cyclic esters (lactones) is 1. The van der Waals surface area contributed by atoms with Crippen LogP contribution in [0.2, 0.25) is 18.1 Å². The Kier molecular flexibility index (Phi) is 9.34. The van der Waals surface area contributed by atoms with Gasteiger partial charge >= 0.3 is 6.09 Å². The van der Waals surface area contributed by atoms with Gasteiger partial charge in [-0.1, -0.05) is 51.9 Å². The van der Waals surface area contributed by atoms with Crippen molar-refractivity contribution >= 4 is 20.1 Å². The van der Waals surface area contributed by atoms with Gasteiger partial charge in [-0.3, -0.25) is 9.80 Å². The summed E-state index contributed by atoms with van der Waals surface area (Å²) in [7, 11) is -1.96. The third kappa shape index (κ3) is 6.71. The predicted octanol–water partition coefficient (Wildman–Crippen LogP) is 5.09. The van der Waals surface area contributed by atoms with E-state index in [1.807, 2.05) is 24.3 Å². The van der Waals surface area contributed by atoms with Crippen LogP contribution in [-0.2, 0) is 9.16 Å². The molecule has 1 N–H and O–H groups in total. The fourth-order valence-electron chi connectivity index (χ4n) is 3.63. The lowest BCUT2D eigenvalue weighted by Gasteiger charge is -2.40. The lowest BCUT2D eigenvalue weighted by molar-refractivity contribution is 0.0224. The first-order valence-corrected chi connectivity index (χ1v) is 14.5. The van der Waals surface area contributed by atoms with Gasteiger partial charge in [0.2, 0.25) is 0 Å². The molecule has 1 aliphatic heterocycles. The monoisotopic (exact) mass is 477 g/mol. The number of anilines is 1. The highest BCUT2D eigenvalue weighted by Crippen LogP contribution is 2.37. The maximum absolute atomic E-state index is 12.2. The van der Waals surface area contributed by atoms with E-state index in [0.29, 0.717) is 18.8 Å². The van der Waals surface area contributed by atoms with Gasteiger partial charge in [0.25, 0.3) is 0 Å². The molecule has 184 valence electrons.